The molecule has 0 heterocycles. The van der Waals surface area contributed by atoms with E-state index in [4.69, 9.17) is 5.73 Å². The minimum atomic E-state index is -2.91. The van der Waals surface area contributed by atoms with E-state index in [1.807, 2.05) is 0 Å². The van der Waals surface area contributed by atoms with Crippen molar-refractivity contribution in [3.05, 3.63) is 0 Å². The summed E-state index contributed by atoms with van der Waals surface area (Å²) in [5.74, 6) is 2.49. The van der Waals surface area contributed by atoms with Crippen molar-refractivity contribution in [3.8, 4) is 0 Å². The molecule has 2 saturated carbocycles. The minimum Gasteiger partial charge on any atom is -0.327 e. The van der Waals surface area contributed by atoms with Gasteiger partial charge in [-0.15, -0.1) is 0 Å². The quantitative estimate of drug-likeness (QED) is 0.790. The van der Waals surface area contributed by atoms with Gasteiger partial charge in [-0.3, -0.25) is 0 Å². The molecular formula is C11H21NO2S. The molecule has 2 N–H and O–H groups in total. The van der Waals surface area contributed by atoms with E-state index in [1.54, 1.807) is 6.92 Å². The van der Waals surface area contributed by atoms with E-state index >= 15 is 0 Å². The molecule has 2 bridgehead atoms. The van der Waals surface area contributed by atoms with Gasteiger partial charge >= 0.3 is 0 Å². The summed E-state index contributed by atoms with van der Waals surface area (Å²) in [5, 5.41) is 0. The Morgan fingerprint density at radius 2 is 2.07 bits per heavy atom. The number of nitrogens with two attached hydrogens (primary N) is 1. The Bertz CT molecular complexity index is 323. The highest BCUT2D eigenvalue weighted by Crippen LogP contribution is 2.48. The fraction of sp³-hybridized carbons (Fsp3) is 1.00. The van der Waals surface area contributed by atoms with E-state index in [0.29, 0.717) is 17.6 Å². The average molecular weight is 231 g/mol. The number of rotatable bonds is 4. The van der Waals surface area contributed by atoms with Gasteiger partial charge in [0.15, 0.2) is 9.84 Å². The van der Waals surface area contributed by atoms with Crippen LogP contribution < -0.4 is 5.73 Å². The SMILES string of the molecule is CC(N)CS(=O)(=O)CC1CC2CCC1C2. The largest absolute Gasteiger partial charge is 0.327 e. The Balaban J connectivity index is 1.92. The predicted octanol–water partition coefficient (Wildman–Crippen LogP) is 1.18. The van der Waals surface area contributed by atoms with Gasteiger partial charge in [0.05, 0.1) is 11.5 Å². The van der Waals surface area contributed by atoms with Gasteiger partial charge in [-0.1, -0.05) is 6.42 Å². The van der Waals surface area contributed by atoms with Gasteiger partial charge in [-0.05, 0) is 43.9 Å². The maximum Gasteiger partial charge on any atom is 0.152 e. The van der Waals surface area contributed by atoms with Crippen molar-refractivity contribution < 1.29 is 8.42 Å². The summed E-state index contributed by atoms with van der Waals surface area (Å²) in [6.45, 7) is 1.76. The Labute approximate surface area is 92.3 Å². The van der Waals surface area contributed by atoms with Crippen molar-refractivity contribution in [1.82, 2.24) is 0 Å². The Morgan fingerprint density at radius 1 is 1.33 bits per heavy atom. The van der Waals surface area contributed by atoms with Crippen LogP contribution in [0.25, 0.3) is 0 Å². The van der Waals surface area contributed by atoms with Gasteiger partial charge in [-0.25, -0.2) is 8.42 Å². The summed E-state index contributed by atoms with van der Waals surface area (Å²) in [4.78, 5) is 0. The highest BCUT2D eigenvalue weighted by molar-refractivity contribution is 7.91. The Hall–Kier alpha value is -0.0900. The Kier molecular flexibility index (Phi) is 3.08. The third kappa shape index (κ3) is 2.72. The molecule has 2 aliphatic carbocycles. The normalized spacial score (nSPS) is 37.1. The summed E-state index contributed by atoms with van der Waals surface area (Å²) >= 11 is 0. The summed E-state index contributed by atoms with van der Waals surface area (Å²) in [6.07, 6.45) is 5.00. The monoisotopic (exact) mass is 231 g/mol. The van der Waals surface area contributed by atoms with E-state index < -0.39 is 9.84 Å². The Morgan fingerprint density at radius 3 is 2.53 bits per heavy atom. The second-order valence-electron chi connectivity index (χ2n) is 5.49. The predicted molar refractivity (Wildman–Crippen MR) is 61.2 cm³/mol. The van der Waals surface area contributed by atoms with Gasteiger partial charge in [0.25, 0.3) is 0 Å². The number of hydrogen-bond acceptors (Lipinski definition) is 3. The highest BCUT2D eigenvalue weighted by atomic mass is 32.2. The first-order chi connectivity index (χ1) is 6.96. The molecule has 0 aromatic carbocycles. The zero-order valence-corrected chi connectivity index (χ0v) is 10.2. The summed E-state index contributed by atoms with van der Waals surface area (Å²) in [7, 11) is -2.91. The lowest BCUT2D eigenvalue weighted by Crippen LogP contribution is -2.31. The molecule has 0 aromatic rings. The molecule has 2 rings (SSSR count). The maximum atomic E-state index is 11.8. The number of fused-ring (bicyclic) bond motifs is 2. The first-order valence-electron chi connectivity index (χ1n) is 5.92. The molecule has 0 spiro atoms. The van der Waals surface area contributed by atoms with Crippen molar-refractivity contribution in [2.24, 2.45) is 23.5 Å². The molecular weight excluding hydrogens is 210 g/mol. The highest BCUT2D eigenvalue weighted by Gasteiger charge is 2.41. The fourth-order valence-corrected chi connectivity index (χ4v) is 5.37. The van der Waals surface area contributed by atoms with Gasteiger partial charge in [0, 0.05) is 6.04 Å². The first kappa shape index (κ1) is 11.4. The van der Waals surface area contributed by atoms with Crippen molar-refractivity contribution in [1.29, 1.82) is 0 Å². The maximum absolute atomic E-state index is 11.8. The molecule has 4 heteroatoms. The molecule has 0 aliphatic heterocycles. The lowest BCUT2D eigenvalue weighted by atomic mass is 9.90. The van der Waals surface area contributed by atoms with Crippen LogP contribution in [0.4, 0.5) is 0 Å². The van der Waals surface area contributed by atoms with Crippen LogP contribution in [0.5, 0.6) is 0 Å². The summed E-state index contributed by atoms with van der Waals surface area (Å²) < 4.78 is 23.6. The standard InChI is InChI=1S/C11H21NO2S/c1-8(12)6-15(13,14)7-11-5-9-2-3-10(11)4-9/h8-11H,2-7,12H2,1H3. The molecule has 4 unspecified atom stereocenters. The second-order valence-corrected chi connectivity index (χ2v) is 7.64. The molecule has 0 amide bonds. The number of hydrogen-bond donors (Lipinski definition) is 1. The van der Waals surface area contributed by atoms with Crippen LogP contribution in [0.1, 0.15) is 32.6 Å². The van der Waals surface area contributed by atoms with Crippen molar-refractivity contribution >= 4 is 9.84 Å². The van der Waals surface area contributed by atoms with Crippen molar-refractivity contribution in [3.63, 3.8) is 0 Å². The van der Waals surface area contributed by atoms with E-state index in [2.05, 4.69) is 0 Å². The molecule has 0 saturated heterocycles. The van der Waals surface area contributed by atoms with Crippen LogP contribution in [-0.2, 0) is 9.84 Å². The molecule has 3 nitrogen and oxygen atoms in total. The first-order valence-corrected chi connectivity index (χ1v) is 7.74. The van der Waals surface area contributed by atoms with Gasteiger partial charge in [0.2, 0.25) is 0 Å². The third-order valence-corrected chi connectivity index (χ3v) is 5.84. The van der Waals surface area contributed by atoms with Crippen molar-refractivity contribution in [2.45, 2.75) is 38.6 Å². The van der Waals surface area contributed by atoms with Gasteiger partial charge in [0.1, 0.15) is 0 Å². The molecule has 0 radical (unpaired) electrons. The molecule has 15 heavy (non-hydrogen) atoms. The van der Waals surface area contributed by atoms with Gasteiger partial charge < -0.3 is 5.73 Å². The zero-order chi connectivity index (χ0) is 11.1. The van der Waals surface area contributed by atoms with Crippen LogP contribution in [0.15, 0.2) is 0 Å². The van der Waals surface area contributed by atoms with Crippen LogP contribution in [0.2, 0.25) is 0 Å². The van der Waals surface area contributed by atoms with Crippen LogP contribution >= 0.6 is 0 Å². The zero-order valence-electron chi connectivity index (χ0n) is 9.35. The van der Waals surface area contributed by atoms with E-state index in [1.165, 1.54) is 19.3 Å². The molecule has 88 valence electrons. The summed E-state index contributed by atoms with van der Waals surface area (Å²) in [5.41, 5.74) is 5.55. The minimum absolute atomic E-state index is 0.154. The van der Waals surface area contributed by atoms with Gasteiger partial charge in [-0.2, -0.15) is 0 Å². The fourth-order valence-electron chi connectivity index (χ4n) is 3.38. The lowest BCUT2D eigenvalue weighted by molar-refractivity contribution is 0.360. The molecule has 0 aromatic heterocycles. The lowest BCUT2D eigenvalue weighted by Gasteiger charge is -2.21. The van der Waals surface area contributed by atoms with E-state index in [9.17, 15) is 8.42 Å². The second kappa shape index (κ2) is 4.06. The van der Waals surface area contributed by atoms with E-state index in [-0.39, 0.29) is 11.8 Å². The summed E-state index contributed by atoms with van der Waals surface area (Å²) in [6, 6.07) is -0.228. The number of sulfone groups is 1. The molecule has 4 atom stereocenters. The average Bonchev–Trinajstić information content (AvgIpc) is 2.60. The topological polar surface area (TPSA) is 60.2 Å². The van der Waals surface area contributed by atoms with Crippen LogP contribution in [0.3, 0.4) is 0 Å². The van der Waals surface area contributed by atoms with E-state index in [0.717, 1.165) is 12.3 Å². The molecule has 2 fully saturated rings. The van der Waals surface area contributed by atoms with Crippen LogP contribution in [-0.4, -0.2) is 26.0 Å². The molecule has 2 aliphatic rings. The third-order valence-electron chi connectivity index (χ3n) is 3.87. The van der Waals surface area contributed by atoms with Crippen LogP contribution in [0, 0.1) is 17.8 Å². The smallest absolute Gasteiger partial charge is 0.152 e. The van der Waals surface area contributed by atoms with Crippen molar-refractivity contribution in [2.75, 3.05) is 11.5 Å².